The van der Waals surface area contributed by atoms with Crippen molar-refractivity contribution >= 4 is 0 Å². The predicted molar refractivity (Wildman–Crippen MR) is 47.2 cm³/mol. The average Bonchev–Trinajstić information content (AvgIpc) is 2.36. The fraction of sp³-hybridized carbons (Fsp3) is 1.00. The van der Waals surface area contributed by atoms with Gasteiger partial charge in [-0.15, -0.1) is 0 Å². The van der Waals surface area contributed by atoms with E-state index in [1.54, 1.807) is 0 Å². The molecule has 0 aromatic heterocycles. The number of fused-ring (bicyclic) bond motifs is 2. The summed E-state index contributed by atoms with van der Waals surface area (Å²) in [6, 6.07) is 0.439. The molecule has 2 saturated carbocycles. The zero-order chi connectivity index (χ0) is 8.28. The van der Waals surface area contributed by atoms with Crippen molar-refractivity contribution in [3.8, 4) is 0 Å². The molecule has 2 rings (SSSR count). The Morgan fingerprint density at radius 2 is 1.91 bits per heavy atom. The van der Waals surface area contributed by atoms with Crippen molar-refractivity contribution in [3.05, 3.63) is 0 Å². The minimum Gasteiger partial charge on any atom is -0.327 e. The second-order valence-corrected chi connectivity index (χ2v) is 5.39. The van der Waals surface area contributed by atoms with Crippen molar-refractivity contribution in [3.63, 3.8) is 0 Å². The largest absolute Gasteiger partial charge is 0.327 e. The molecule has 2 bridgehead atoms. The molecule has 0 aromatic rings. The van der Waals surface area contributed by atoms with Gasteiger partial charge in [-0.25, -0.2) is 0 Å². The van der Waals surface area contributed by atoms with E-state index in [-0.39, 0.29) is 0 Å². The SMILES string of the molecule is CC1(C)[C@@H]2CC[C@@](C)(C2)[C@H]1N. The first-order chi connectivity index (χ1) is 4.97. The van der Waals surface area contributed by atoms with E-state index in [0.29, 0.717) is 16.9 Å². The summed E-state index contributed by atoms with van der Waals surface area (Å²) in [5.41, 5.74) is 7.12. The summed E-state index contributed by atoms with van der Waals surface area (Å²) in [5, 5.41) is 0. The number of hydrogen-bond donors (Lipinski definition) is 1. The Labute approximate surface area is 69.4 Å². The molecule has 11 heavy (non-hydrogen) atoms. The fourth-order valence-electron chi connectivity index (χ4n) is 3.34. The van der Waals surface area contributed by atoms with E-state index in [9.17, 15) is 0 Å². The van der Waals surface area contributed by atoms with Gasteiger partial charge in [0.15, 0.2) is 0 Å². The van der Waals surface area contributed by atoms with Crippen LogP contribution in [0.4, 0.5) is 0 Å². The zero-order valence-electron chi connectivity index (χ0n) is 7.85. The quantitative estimate of drug-likeness (QED) is 0.567. The minimum atomic E-state index is 0.410. The first kappa shape index (κ1) is 7.60. The summed E-state index contributed by atoms with van der Waals surface area (Å²) in [7, 11) is 0. The molecule has 64 valence electrons. The van der Waals surface area contributed by atoms with Crippen LogP contribution in [0.2, 0.25) is 0 Å². The lowest BCUT2D eigenvalue weighted by Crippen LogP contribution is -2.46. The Bertz CT molecular complexity index is 181. The molecular weight excluding hydrogens is 134 g/mol. The van der Waals surface area contributed by atoms with Gasteiger partial charge in [-0.2, -0.15) is 0 Å². The van der Waals surface area contributed by atoms with Crippen molar-refractivity contribution in [2.45, 2.75) is 46.1 Å². The number of rotatable bonds is 0. The highest BCUT2D eigenvalue weighted by Crippen LogP contribution is 2.61. The molecule has 0 aromatic carbocycles. The van der Waals surface area contributed by atoms with Crippen molar-refractivity contribution in [1.82, 2.24) is 0 Å². The molecule has 0 amide bonds. The Balaban J connectivity index is 2.34. The van der Waals surface area contributed by atoms with E-state index in [1.807, 2.05) is 0 Å². The van der Waals surface area contributed by atoms with Crippen LogP contribution in [0.3, 0.4) is 0 Å². The van der Waals surface area contributed by atoms with Crippen molar-refractivity contribution in [1.29, 1.82) is 0 Å². The van der Waals surface area contributed by atoms with Gasteiger partial charge in [0.25, 0.3) is 0 Å². The van der Waals surface area contributed by atoms with Crippen LogP contribution in [0.15, 0.2) is 0 Å². The molecule has 0 radical (unpaired) electrons. The highest BCUT2D eigenvalue weighted by molar-refractivity contribution is 5.10. The van der Waals surface area contributed by atoms with Gasteiger partial charge in [0.05, 0.1) is 0 Å². The maximum atomic E-state index is 6.23. The monoisotopic (exact) mass is 153 g/mol. The first-order valence-corrected chi connectivity index (χ1v) is 4.72. The van der Waals surface area contributed by atoms with Crippen molar-refractivity contribution in [2.24, 2.45) is 22.5 Å². The summed E-state index contributed by atoms with van der Waals surface area (Å²) < 4.78 is 0. The molecule has 0 spiro atoms. The van der Waals surface area contributed by atoms with Gasteiger partial charge in [0.2, 0.25) is 0 Å². The third-order valence-corrected chi connectivity index (χ3v) is 4.38. The maximum absolute atomic E-state index is 6.23. The summed E-state index contributed by atoms with van der Waals surface area (Å²) in [4.78, 5) is 0. The Kier molecular flexibility index (Phi) is 1.26. The van der Waals surface area contributed by atoms with Gasteiger partial charge in [-0.05, 0) is 36.0 Å². The number of nitrogens with two attached hydrogens (primary N) is 1. The van der Waals surface area contributed by atoms with Crippen LogP contribution >= 0.6 is 0 Å². The highest BCUT2D eigenvalue weighted by Gasteiger charge is 2.57. The second-order valence-electron chi connectivity index (χ2n) is 5.39. The average molecular weight is 153 g/mol. The fourth-order valence-corrected chi connectivity index (χ4v) is 3.34. The molecule has 2 aliphatic carbocycles. The van der Waals surface area contributed by atoms with Crippen LogP contribution in [-0.2, 0) is 0 Å². The molecule has 1 nitrogen and oxygen atoms in total. The zero-order valence-corrected chi connectivity index (χ0v) is 7.85. The maximum Gasteiger partial charge on any atom is 0.0147 e. The van der Waals surface area contributed by atoms with E-state index in [2.05, 4.69) is 20.8 Å². The molecule has 2 N–H and O–H groups in total. The smallest absolute Gasteiger partial charge is 0.0147 e. The third kappa shape index (κ3) is 0.752. The Hall–Kier alpha value is -0.0400. The van der Waals surface area contributed by atoms with Crippen LogP contribution in [0.5, 0.6) is 0 Å². The van der Waals surface area contributed by atoms with Crippen LogP contribution < -0.4 is 5.73 Å². The Morgan fingerprint density at radius 3 is 2.18 bits per heavy atom. The summed E-state index contributed by atoms with van der Waals surface area (Å²) in [6.07, 6.45) is 4.15. The van der Waals surface area contributed by atoms with E-state index in [1.165, 1.54) is 19.3 Å². The molecule has 2 aliphatic rings. The predicted octanol–water partition coefficient (Wildman–Crippen LogP) is 2.16. The molecule has 3 atom stereocenters. The summed E-state index contributed by atoms with van der Waals surface area (Å²) in [5.74, 6) is 0.905. The summed E-state index contributed by atoms with van der Waals surface area (Å²) in [6.45, 7) is 7.05. The summed E-state index contributed by atoms with van der Waals surface area (Å²) >= 11 is 0. The molecule has 1 heteroatoms. The lowest BCUT2D eigenvalue weighted by molar-refractivity contribution is 0.141. The molecule has 0 saturated heterocycles. The van der Waals surface area contributed by atoms with Gasteiger partial charge in [-0.1, -0.05) is 20.8 Å². The van der Waals surface area contributed by atoms with Gasteiger partial charge < -0.3 is 5.73 Å². The van der Waals surface area contributed by atoms with Gasteiger partial charge in [0.1, 0.15) is 0 Å². The molecule has 0 heterocycles. The van der Waals surface area contributed by atoms with Crippen LogP contribution in [-0.4, -0.2) is 6.04 Å². The minimum absolute atomic E-state index is 0.410. The molecule has 0 unspecified atom stereocenters. The standard InChI is InChI=1S/C10H19N/c1-9(2)7-4-5-10(3,6-7)8(9)11/h7-8H,4-6,11H2,1-3H3/t7-,8+,10+/m1/s1. The third-order valence-electron chi connectivity index (χ3n) is 4.38. The lowest BCUT2D eigenvalue weighted by Gasteiger charge is -2.40. The van der Waals surface area contributed by atoms with Gasteiger partial charge in [0, 0.05) is 6.04 Å². The van der Waals surface area contributed by atoms with E-state index >= 15 is 0 Å². The van der Waals surface area contributed by atoms with E-state index in [0.717, 1.165) is 5.92 Å². The number of hydrogen-bond acceptors (Lipinski definition) is 1. The van der Waals surface area contributed by atoms with Crippen LogP contribution in [0.1, 0.15) is 40.0 Å². The molecular formula is C10H19N. The van der Waals surface area contributed by atoms with E-state index < -0.39 is 0 Å². The topological polar surface area (TPSA) is 26.0 Å². The highest BCUT2D eigenvalue weighted by atomic mass is 14.8. The normalized spacial score (nSPS) is 53.5. The van der Waals surface area contributed by atoms with Gasteiger partial charge in [-0.3, -0.25) is 0 Å². The molecule has 2 fully saturated rings. The van der Waals surface area contributed by atoms with Crippen LogP contribution in [0.25, 0.3) is 0 Å². The van der Waals surface area contributed by atoms with Crippen molar-refractivity contribution in [2.75, 3.05) is 0 Å². The van der Waals surface area contributed by atoms with E-state index in [4.69, 9.17) is 5.73 Å². The van der Waals surface area contributed by atoms with Crippen molar-refractivity contribution < 1.29 is 0 Å². The van der Waals surface area contributed by atoms with Gasteiger partial charge >= 0.3 is 0 Å². The second kappa shape index (κ2) is 1.82. The first-order valence-electron chi connectivity index (χ1n) is 4.72. The van der Waals surface area contributed by atoms with Crippen LogP contribution in [0, 0.1) is 16.7 Å². The Morgan fingerprint density at radius 1 is 1.27 bits per heavy atom. The molecule has 0 aliphatic heterocycles. The lowest BCUT2D eigenvalue weighted by atomic mass is 9.69.